The van der Waals surface area contributed by atoms with Gasteiger partial charge in [0.1, 0.15) is 0 Å². The van der Waals surface area contributed by atoms with Crippen LogP contribution in [-0.4, -0.2) is 19.0 Å². The zero-order valence-corrected chi connectivity index (χ0v) is 7.59. The molecule has 3 rings (SSSR count). The van der Waals surface area contributed by atoms with Crippen LogP contribution in [0.5, 0.6) is 0 Å². The Bertz CT molecular complexity index is 458. The summed E-state index contributed by atoms with van der Waals surface area (Å²) in [5, 5.41) is 6.30. The smallest absolute Gasteiger partial charge is 0.0926 e. The molecule has 0 bridgehead atoms. The molecular weight excluding hydrogens is 174 g/mol. The fourth-order valence-corrected chi connectivity index (χ4v) is 1.75. The molecule has 68 valence electrons. The predicted octanol–water partition coefficient (Wildman–Crippen LogP) is 2.22. The number of hydrogen-bond donors (Lipinski definition) is 0. The van der Waals surface area contributed by atoms with E-state index in [0.717, 1.165) is 17.9 Å². The van der Waals surface area contributed by atoms with E-state index >= 15 is 0 Å². The molecule has 0 saturated heterocycles. The van der Waals surface area contributed by atoms with Gasteiger partial charge in [0.25, 0.3) is 0 Å². The van der Waals surface area contributed by atoms with Crippen molar-refractivity contribution in [3.8, 4) is 0 Å². The highest BCUT2D eigenvalue weighted by atomic mass is 15.5. The molecule has 2 aliphatic rings. The van der Waals surface area contributed by atoms with E-state index in [-0.39, 0.29) is 0 Å². The second kappa shape index (κ2) is 2.80. The fraction of sp³-hybridized carbons (Fsp3) is 0.0909. The monoisotopic (exact) mass is 183 g/mol. The number of anilines is 1. The molecule has 14 heavy (non-hydrogen) atoms. The Balaban J connectivity index is 2.31. The molecule has 0 fully saturated rings. The van der Waals surface area contributed by atoms with Crippen molar-refractivity contribution in [2.45, 2.75) is 0 Å². The summed E-state index contributed by atoms with van der Waals surface area (Å²) >= 11 is 0. The van der Waals surface area contributed by atoms with Gasteiger partial charge >= 0.3 is 0 Å². The van der Waals surface area contributed by atoms with E-state index in [9.17, 15) is 0 Å². The molecule has 1 aromatic rings. The molecule has 0 amide bonds. The lowest BCUT2D eigenvalue weighted by atomic mass is 10.1. The molecule has 0 saturated carbocycles. The van der Waals surface area contributed by atoms with E-state index in [1.54, 1.807) is 0 Å². The van der Waals surface area contributed by atoms with Gasteiger partial charge in [0.05, 0.1) is 17.9 Å². The average Bonchev–Trinajstić information content (AvgIpc) is 2.44. The summed E-state index contributed by atoms with van der Waals surface area (Å²) in [6, 6.07) is 6.11. The largest absolute Gasteiger partial charge is 0.257 e. The lowest BCUT2D eigenvalue weighted by molar-refractivity contribution is 0.964. The minimum Gasteiger partial charge on any atom is -0.257 e. The number of hydrogen-bond acceptors (Lipinski definition) is 3. The first-order chi connectivity index (χ1) is 6.95. The Hall–Kier alpha value is -1.90. The third-order valence-electron chi connectivity index (χ3n) is 2.36. The molecule has 0 N–H and O–H groups in total. The molecule has 0 radical (unpaired) electrons. The highest BCUT2D eigenvalue weighted by molar-refractivity contribution is 5.92. The van der Waals surface area contributed by atoms with Crippen LogP contribution in [0.2, 0.25) is 0 Å². The van der Waals surface area contributed by atoms with Gasteiger partial charge in [-0.2, -0.15) is 5.10 Å². The number of aliphatic imine (C=N–C) groups is 1. The van der Waals surface area contributed by atoms with E-state index < -0.39 is 0 Å². The van der Waals surface area contributed by atoms with Crippen LogP contribution in [0.3, 0.4) is 0 Å². The van der Waals surface area contributed by atoms with Gasteiger partial charge in [-0.15, -0.1) is 0 Å². The zero-order valence-electron chi connectivity index (χ0n) is 7.59. The molecule has 1 aromatic carbocycles. The zero-order chi connectivity index (χ0) is 9.38. The molecular formula is C11H9N3. The second-order valence-corrected chi connectivity index (χ2v) is 3.23. The van der Waals surface area contributed by atoms with Gasteiger partial charge in [-0.25, -0.2) is 0 Å². The van der Waals surface area contributed by atoms with E-state index in [0.29, 0.717) is 0 Å². The van der Waals surface area contributed by atoms with Crippen molar-refractivity contribution in [1.82, 2.24) is 0 Å². The summed E-state index contributed by atoms with van der Waals surface area (Å²) in [5.74, 6) is 0. The topological polar surface area (TPSA) is 28.0 Å². The third-order valence-corrected chi connectivity index (χ3v) is 2.36. The molecule has 0 aliphatic carbocycles. The van der Waals surface area contributed by atoms with Gasteiger partial charge in [-0.05, 0) is 12.1 Å². The second-order valence-electron chi connectivity index (χ2n) is 3.23. The Labute approximate surface area is 82.1 Å². The maximum atomic E-state index is 4.35. The maximum absolute atomic E-state index is 4.35. The van der Waals surface area contributed by atoms with E-state index in [1.807, 2.05) is 35.6 Å². The van der Waals surface area contributed by atoms with Crippen molar-refractivity contribution in [3.05, 3.63) is 29.8 Å². The summed E-state index contributed by atoms with van der Waals surface area (Å²) in [5.41, 5.74) is 3.29. The third kappa shape index (κ3) is 0.988. The average molecular weight is 183 g/mol. The SMILES string of the molecule is C1=Cc2cccc3c2N(CC=N3)N=C1. The molecule has 3 nitrogen and oxygen atoms in total. The first-order valence-electron chi connectivity index (χ1n) is 4.59. The van der Waals surface area contributed by atoms with Gasteiger partial charge in [0.15, 0.2) is 0 Å². The van der Waals surface area contributed by atoms with Crippen molar-refractivity contribution in [3.63, 3.8) is 0 Å². The van der Waals surface area contributed by atoms with Crippen molar-refractivity contribution >= 4 is 29.9 Å². The fourth-order valence-electron chi connectivity index (χ4n) is 1.75. The van der Waals surface area contributed by atoms with Crippen LogP contribution >= 0.6 is 0 Å². The van der Waals surface area contributed by atoms with Gasteiger partial charge < -0.3 is 0 Å². The van der Waals surface area contributed by atoms with Crippen LogP contribution < -0.4 is 5.01 Å². The summed E-state index contributed by atoms with van der Waals surface area (Å²) in [7, 11) is 0. The Morgan fingerprint density at radius 2 is 2.29 bits per heavy atom. The van der Waals surface area contributed by atoms with Gasteiger partial charge in [-0.1, -0.05) is 18.2 Å². The number of hydrazone groups is 1. The van der Waals surface area contributed by atoms with Gasteiger partial charge in [0.2, 0.25) is 0 Å². The van der Waals surface area contributed by atoms with Crippen molar-refractivity contribution in [1.29, 1.82) is 0 Å². The quantitative estimate of drug-likeness (QED) is 0.606. The molecule has 0 unspecified atom stereocenters. The lowest BCUT2D eigenvalue weighted by Gasteiger charge is -2.23. The predicted molar refractivity (Wildman–Crippen MR) is 59.5 cm³/mol. The van der Waals surface area contributed by atoms with Crippen LogP contribution in [0.25, 0.3) is 6.08 Å². The highest BCUT2D eigenvalue weighted by Gasteiger charge is 2.16. The van der Waals surface area contributed by atoms with E-state index in [2.05, 4.69) is 22.2 Å². The number of allylic oxidation sites excluding steroid dienone is 1. The summed E-state index contributed by atoms with van der Waals surface area (Å²) < 4.78 is 0. The van der Waals surface area contributed by atoms with Crippen LogP contribution in [0.15, 0.2) is 34.4 Å². The summed E-state index contributed by atoms with van der Waals surface area (Å²) in [4.78, 5) is 4.35. The molecule has 0 atom stereocenters. The number of rotatable bonds is 0. The molecule has 0 spiro atoms. The normalized spacial score (nSPS) is 16.7. The van der Waals surface area contributed by atoms with Crippen molar-refractivity contribution < 1.29 is 0 Å². The lowest BCUT2D eigenvalue weighted by Crippen LogP contribution is -2.21. The van der Waals surface area contributed by atoms with Crippen LogP contribution in [0.4, 0.5) is 11.4 Å². The van der Waals surface area contributed by atoms with E-state index in [4.69, 9.17) is 0 Å². The minimum absolute atomic E-state index is 0.752. The highest BCUT2D eigenvalue weighted by Crippen LogP contribution is 2.35. The first kappa shape index (κ1) is 7.50. The van der Waals surface area contributed by atoms with Crippen LogP contribution in [0, 0.1) is 0 Å². The Morgan fingerprint density at radius 3 is 3.29 bits per heavy atom. The molecule has 2 heterocycles. The maximum Gasteiger partial charge on any atom is 0.0926 e. The molecule has 3 heteroatoms. The number of para-hydroxylation sites is 1. The van der Waals surface area contributed by atoms with Crippen LogP contribution in [-0.2, 0) is 0 Å². The van der Waals surface area contributed by atoms with Crippen LogP contribution in [0.1, 0.15) is 5.56 Å². The molecule has 2 aliphatic heterocycles. The Morgan fingerprint density at radius 1 is 1.29 bits per heavy atom. The summed E-state index contributed by atoms with van der Waals surface area (Å²) in [6.07, 6.45) is 7.70. The van der Waals surface area contributed by atoms with Crippen molar-refractivity contribution in [2.75, 3.05) is 11.6 Å². The minimum atomic E-state index is 0.752. The first-order valence-corrected chi connectivity index (χ1v) is 4.59. The van der Waals surface area contributed by atoms with Crippen molar-refractivity contribution in [2.24, 2.45) is 10.1 Å². The van der Waals surface area contributed by atoms with Gasteiger partial charge in [-0.3, -0.25) is 10.0 Å². The standard InChI is InChI=1S/C11H9N3/c1-3-9-4-2-6-13-14-8-7-12-10(5-1)11(9)14/h1-7H,8H2. The number of benzene rings is 1. The number of nitrogens with zero attached hydrogens (tertiary/aromatic N) is 3. The van der Waals surface area contributed by atoms with Gasteiger partial charge in [0, 0.05) is 18.0 Å². The summed E-state index contributed by atoms with van der Waals surface area (Å²) in [6.45, 7) is 0.752. The molecule has 0 aromatic heterocycles. The Kier molecular flexibility index (Phi) is 1.50. The van der Waals surface area contributed by atoms with E-state index in [1.165, 1.54) is 5.56 Å².